The van der Waals surface area contributed by atoms with Gasteiger partial charge in [0.25, 0.3) is 0 Å². The second-order valence-corrected chi connectivity index (χ2v) is 8.57. The number of fused-ring (bicyclic) bond motifs is 2. The zero-order valence-electron chi connectivity index (χ0n) is 17.7. The number of esters is 1. The summed E-state index contributed by atoms with van der Waals surface area (Å²) < 4.78 is 22.5. The van der Waals surface area contributed by atoms with Crippen LogP contribution < -0.4 is 5.73 Å². The van der Waals surface area contributed by atoms with E-state index in [1.165, 1.54) is 7.11 Å². The Bertz CT molecular complexity index is 1130. The fourth-order valence-electron chi connectivity index (χ4n) is 5.18. The summed E-state index contributed by atoms with van der Waals surface area (Å²) >= 11 is 0. The van der Waals surface area contributed by atoms with Gasteiger partial charge in [-0.3, -0.25) is 9.20 Å². The SMILES string of the molecule is COC(=O)[C@H]1CC[C@H](c2nc(C3=C(F)C4C(C=C3)C=CN4C)c3c(N)nccn32)CC1. The fourth-order valence-corrected chi connectivity index (χ4v) is 5.18. The number of allylic oxidation sites excluding steroid dienone is 2. The number of ether oxygens (including phenoxy) is 1. The van der Waals surface area contributed by atoms with Gasteiger partial charge in [0.2, 0.25) is 0 Å². The van der Waals surface area contributed by atoms with E-state index in [1.54, 1.807) is 6.20 Å². The lowest BCUT2D eigenvalue weighted by atomic mass is 9.81. The maximum atomic E-state index is 15.6. The largest absolute Gasteiger partial charge is 0.469 e. The van der Waals surface area contributed by atoms with Crippen LogP contribution in [-0.4, -0.2) is 45.4 Å². The smallest absolute Gasteiger partial charge is 0.308 e. The second kappa shape index (κ2) is 7.51. The number of methoxy groups -OCH3 is 1. The van der Waals surface area contributed by atoms with E-state index in [-0.39, 0.29) is 35.6 Å². The molecule has 5 rings (SSSR count). The lowest BCUT2D eigenvalue weighted by molar-refractivity contribution is -0.146. The van der Waals surface area contributed by atoms with E-state index >= 15 is 4.39 Å². The minimum atomic E-state index is -0.353. The number of hydrogen-bond acceptors (Lipinski definition) is 6. The number of likely N-dealkylation sites (N-methyl/N-ethyl adjacent to an activating group) is 1. The van der Waals surface area contributed by atoms with E-state index in [2.05, 4.69) is 4.98 Å². The van der Waals surface area contributed by atoms with Crippen molar-refractivity contribution in [1.29, 1.82) is 0 Å². The van der Waals surface area contributed by atoms with E-state index in [4.69, 9.17) is 15.5 Å². The third kappa shape index (κ3) is 3.12. The van der Waals surface area contributed by atoms with Gasteiger partial charge in [0.15, 0.2) is 0 Å². The van der Waals surface area contributed by atoms with Gasteiger partial charge in [0.1, 0.15) is 28.7 Å². The van der Waals surface area contributed by atoms with E-state index in [1.807, 2.05) is 47.0 Å². The van der Waals surface area contributed by atoms with Gasteiger partial charge >= 0.3 is 5.97 Å². The molecule has 0 spiro atoms. The van der Waals surface area contributed by atoms with E-state index in [0.717, 1.165) is 31.5 Å². The molecule has 0 bridgehead atoms. The van der Waals surface area contributed by atoms with Crippen LogP contribution in [0.25, 0.3) is 11.1 Å². The molecule has 1 aliphatic heterocycles. The minimum Gasteiger partial charge on any atom is -0.469 e. The highest BCUT2D eigenvalue weighted by molar-refractivity contribution is 5.89. The molecule has 2 atom stereocenters. The van der Waals surface area contributed by atoms with Crippen molar-refractivity contribution in [1.82, 2.24) is 19.3 Å². The average Bonchev–Trinajstić information content (AvgIpc) is 3.36. The van der Waals surface area contributed by atoms with Crippen molar-refractivity contribution >= 4 is 22.9 Å². The molecule has 2 aromatic rings. The molecule has 8 heteroatoms. The maximum Gasteiger partial charge on any atom is 0.308 e. The number of nitrogens with zero attached hydrogens (tertiary/aromatic N) is 4. The third-order valence-electron chi connectivity index (χ3n) is 6.84. The van der Waals surface area contributed by atoms with Crippen LogP contribution in [0.5, 0.6) is 0 Å². The number of hydrogen-bond donors (Lipinski definition) is 1. The Morgan fingerprint density at radius 1 is 1.26 bits per heavy atom. The molecule has 0 radical (unpaired) electrons. The molecule has 31 heavy (non-hydrogen) atoms. The number of aromatic nitrogens is 3. The molecule has 2 unspecified atom stereocenters. The van der Waals surface area contributed by atoms with Gasteiger partial charge in [-0.25, -0.2) is 14.4 Å². The Morgan fingerprint density at radius 2 is 2.03 bits per heavy atom. The first-order valence-corrected chi connectivity index (χ1v) is 10.7. The van der Waals surface area contributed by atoms with Crippen molar-refractivity contribution in [3.05, 3.63) is 54.2 Å². The van der Waals surface area contributed by atoms with Crippen molar-refractivity contribution in [3.63, 3.8) is 0 Å². The number of carbonyl (C=O) groups is 1. The van der Waals surface area contributed by atoms with E-state index in [9.17, 15) is 4.79 Å². The molecule has 1 saturated carbocycles. The standard InChI is InChI=1S/C23H26FN5O2/c1-28-11-9-13-7-8-16(17(24)19(13)28)18-20-21(25)26-10-12-29(20)22(27-18)14-3-5-15(6-4-14)23(30)31-2/h7-15,19H,3-6H2,1-2H3,(H2,25,26)/t13?,14-,15-,19?. The average molecular weight is 423 g/mol. The summed E-state index contributed by atoms with van der Waals surface area (Å²) in [6.07, 6.45) is 14.3. The van der Waals surface area contributed by atoms with Crippen molar-refractivity contribution < 1.29 is 13.9 Å². The summed E-state index contributed by atoms with van der Waals surface area (Å²) in [6.45, 7) is 0. The quantitative estimate of drug-likeness (QED) is 0.761. The van der Waals surface area contributed by atoms with Crippen molar-refractivity contribution in [2.75, 3.05) is 19.9 Å². The third-order valence-corrected chi connectivity index (χ3v) is 6.84. The fraction of sp³-hybridized carbons (Fsp3) is 0.435. The molecule has 162 valence electrons. The number of carbonyl (C=O) groups excluding carboxylic acids is 1. The summed E-state index contributed by atoms with van der Waals surface area (Å²) in [5.74, 6) is 0.926. The Labute approximate surface area is 180 Å². The predicted octanol–water partition coefficient (Wildman–Crippen LogP) is 3.45. The Hall–Kier alpha value is -3.16. The van der Waals surface area contributed by atoms with Gasteiger partial charge in [0, 0.05) is 36.9 Å². The lowest BCUT2D eigenvalue weighted by Gasteiger charge is -2.27. The minimum absolute atomic E-state index is 0.0196. The maximum absolute atomic E-state index is 15.6. The summed E-state index contributed by atoms with van der Waals surface area (Å²) in [4.78, 5) is 22.9. The lowest BCUT2D eigenvalue weighted by Crippen LogP contribution is -2.30. The molecular weight excluding hydrogens is 397 g/mol. The topological polar surface area (TPSA) is 85.8 Å². The number of anilines is 1. The first-order chi connectivity index (χ1) is 15.0. The molecule has 0 amide bonds. The predicted molar refractivity (Wildman–Crippen MR) is 115 cm³/mol. The molecule has 0 aromatic carbocycles. The highest BCUT2D eigenvalue weighted by Crippen LogP contribution is 2.41. The van der Waals surface area contributed by atoms with Crippen LogP contribution in [0.4, 0.5) is 10.2 Å². The number of halogens is 1. The van der Waals surface area contributed by atoms with Crippen LogP contribution in [0, 0.1) is 11.8 Å². The van der Waals surface area contributed by atoms with Crippen molar-refractivity contribution in [2.24, 2.45) is 11.8 Å². The molecule has 1 fully saturated rings. The Kier molecular flexibility index (Phi) is 4.79. The number of imidazole rings is 1. The summed E-state index contributed by atoms with van der Waals surface area (Å²) in [5.41, 5.74) is 7.87. The molecule has 3 heterocycles. The van der Waals surface area contributed by atoms with Crippen LogP contribution in [0.15, 0.2) is 42.6 Å². The van der Waals surface area contributed by atoms with Gasteiger partial charge in [-0.05, 0) is 31.9 Å². The molecule has 3 aliphatic rings. The normalized spacial score (nSPS) is 27.8. The van der Waals surface area contributed by atoms with Gasteiger partial charge in [0.05, 0.1) is 19.1 Å². The van der Waals surface area contributed by atoms with Crippen LogP contribution >= 0.6 is 0 Å². The molecule has 2 N–H and O–H groups in total. The van der Waals surface area contributed by atoms with Gasteiger partial charge in [-0.1, -0.05) is 18.2 Å². The van der Waals surface area contributed by atoms with Crippen LogP contribution in [-0.2, 0) is 9.53 Å². The van der Waals surface area contributed by atoms with Gasteiger partial charge in [-0.2, -0.15) is 0 Å². The van der Waals surface area contributed by atoms with Crippen LogP contribution in [0.2, 0.25) is 0 Å². The zero-order chi connectivity index (χ0) is 21.7. The molecule has 2 aliphatic carbocycles. The van der Waals surface area contributed by atoms with Crippen LogP contribution in [0.3, 0.4) is 0 Å². The first-order valence-electron chi connectivity index (χ1n) is 10.7. The highest BCUT2D eigenvalue weighted by atomic mass is 19.1. The first kappa shape index (κ1) is 19.8. The Balaban J connectivity index is 1.56. The number of rotatable bonds is 3. The van der Waals surface area contributed by atoms with E-state index < -0.39 is 0 Å². The van der Waals surface area contributed by atoms with Crippen molar-refractivity contribution in [3.8, 4) is 0 Å². The monoisotopic (exact) mass is 423 g/mol. The molecule has 0 saturated heterocycles. The zero-order valence-corrected chi connectivity index (χ0v) is 17.7. The summed E-state index contributed by atoms with van der Waals surface area (Å²) in [6, 6.07) is -0.353. The van der Waals surface area contributed by atoms with Gasteiger partial charge < -0.3 is 15.4 Å². The molecular formula is C23H26FN5O2. The number of nitrogen functional groups attached to an aromatic ring is 1. The molecule has 7 nitrogen and oxygen atoms in total. The summed E-state index contributed by atoms with van der Waals surface area (Å²) in [5, 5.41) is 0. The van der Waals surface area contributed by atoms with E-state index in [0.29, 0.717) is 22.6 Å². The summed E-state index contributed by atoms with van der Waals surface area (Å²) in [7, 11) is 3.31. The number of nitrogens with two attached hydrogens (primary N) is 1. The Morgan fingerprint density at radius 3 is 2.77 bits per heavy atom. The van der Waals surface area contributed by atoms with Crippen LogP contribution in [0.1, 0.15) is 43.1 Å². The molecule has 2 aromatic heterocycles. The van der Waals surface area contributed by atoms with Gasteiger partial charge in [-0.15, -0.1) is 0 Å². The second-order valence-electron chi connectivity index (χ2n) is 8.57. The van der Waals surface area contributed by atoms with Crippen molar-refractivity contribution in [2.45, 2.75) is 37.6 Å². The highest BCUT2D eigenvalue weighted by Gasteiger charge is 2.36.